The third-order valence-corrected chi connectivity index (χ3v) is 7.27. The van der Waals surface area contributed by atoms with Gasteiger partial charge in [0.15, 0.2) is 0 Å². The standard InChI is InChI=1S/C12H24.C11H10.C8H18N2.C8H17N/c1-9(2)7-12(11(5)6)8-10(3)4;1-9-6-7-10-4-2-3-5-11(10)8-9;1-4-8(3)10-6-7(2)5-9;1-4-5-6-7(2)8(3)9/h9-10,12H,5,7-8H2,1-4,6H3;2-8H,1H3;7,10H,3-6,9H2,1-2H3;7H,3-6,9H2,1-2H3. The number of nitrogens with one attached hydrogen (secondary N) is 1. The van der Waals surface area contributed by atoms with E-state index in [-0.39, 0.29) is 0 Å². The highest BCUT2D eigenvalue weighted by molar-refractivity contribution is 5.82. The molecule has 0 aliphatic rings. The molecule has 0 aliphatic carbocycles. The van der Waals surface area contributed by atoms with Crippen LogP contribution in [0.15, 0.2) is 79.2 Å². The van der Waals surface area contributed by atoms with Gasteiger partial charge in [0, 0.05) is 17.9 Å². The maximum absolute atomic E-state index is 5.48. The second-order valence-corrected chi connectivity index (χ2v) is 13.0. The van der Waals surface area contributed by atoms with Gasteiger partial charge in [-0.1, -0.05) is 142 Å². The van der Waals surface area contributed by atoms with Crippen molar-refractivity contribution in [3.05, 3.63) is 84.7 Å². The summed E-state index contributed by atoms with van der Waals surface area (Å²) in [7, 11) is 0. The number of benzene rings is 2. The minimum atomic E-state index is 0.505. The van der Waals surface area contributed by atoms with E-state index in [1.807, 2.05) is 0 Å². The van der Waals surface area contributed by atoms with Gasteiger partial charge in [0.1, 0.15) is 0 Å². The molecule has 3 nitrogen and oxygen atoms in total. The molecule has 0 fully saturated rings. The lowest BCUT2D eigenvalue weighted by atomic mass is 9.85. The van der Waals surface area contributed by atoms with Crippen LogP contribution in [0, 0.1) is 36.5 Å². The topological polar surface area (TPSA) is 64.1 Å². The van der Waals surface area contributed by atoms with Crippen LogP contribution in [0.3, 0.4) is 0 Å². The number of fused-ring (bicyclic) bond motifs is 1. The van der Waals surface area contributed by atoms with Gasteiger partial charge in [0.05, 0.1) is 0 Å². The minimum Gasteiger partial charge on any atom is -0.402 e. The third-order valence-electron chi connectivity index (χ3n) is 7.27. The molecule has 2 atom stereocenters. The summed E-state index contributed by atoms with van der Waals surface area (Å²) in [4.78, 5) is 0. The Hall–Kier alpha value is -2.52. The SMILES string of the molecule is C=C(C)C(CC(C)C)CC(C)C.C=C(CC)NCC(C)CN.C=C(N)C(C)CCCC.Cc1ccc2ccccc2c1. The van der Waals surface area contributed by atoms with E-state index in [0.29, 0.717) is 11.8 Å². The molecule has 2 unspecified atom stereocenters. The van der Waals surface area contributed by atoms with Gasteiger partial charge < -0.3 is 16.8 Å². The van der Waals surface area contributed by atoms with Crippen molar-refractivity contribution in [1.82, 2.24) is 5.32 Å². The molecule has 0 saturated heterocycles. The first kappa shape index (κ1) is 41.6. The first-order valence-electron chi connectivity index (χ1n) is 16.3. The zero-order valence-electron chi connectivity index (χ0n) is 29.4. The third kappa shape index (κ3) is 23.1. The molecule has 2 aromatic rings. The average Bonchev–Trinajstić information content (AvgIpc) is 2.94. The van der Waals surface area contributed by atoms with Crippen molar-refractivity contribution in [2.75, 3.05) is 13.1 Å². The molecule has 5 N–H and O–H groups in total. The second kappa shape index (κ2) is 25.0. The van der Waals surface area contributed by atoms with E-state index in [0.717, 1.165) is 48.7 Å². The molecule has 42 heavy (non-hydrogen) atoms. The Morgan fingerprint density at radius 3 is 1.83 bits per heavy atom. The highest BCUT2D eigenvalue weighted by Crippen LogP contribution is 2.25. The Morgan fingerprint density at radius 2 is 1.40 bits per heavy atom. The van der Waals surface area contributed by atoms with E-state index in [4.69, 9.17) is 11.5 Å². The van der Waals surface area contributed by atoms with E-state index in [2.05, 4.69) is 137 Å². The minimum absolute atomic E-state index is 0.505. The van der Waals surface area contributed by atoms with E-state index in [1.165, 1.54) is 54.0 Å². The number of hydrogen-bond acceptors (Lipinski definition) is 3. The zero-order chi connectivity index (χ0) is 32.7. The Morgan fingerprint density at radius 1 is 0.857 bits per heavy atom. The van der Waals surface area contributed by atoms with Gasteiger partial charge >= 0.3 is 0 Å². The molecule has 240 valence electrons. The van der Waals surface area contributed by atoms with E-state index >= 15 is 0 Å². The Labute approximate surface area is 262 Å². The molecule has 0 amide bonds. The lowest BCUT2D eigenvalue weighted by Gasteiger charge is -2.20. The largest absolute Gasteiger partial charge is 0.402 e. The molecule has 0 aliphatic heterocycles. The maximum atomic E-state index is 5.48. The maximum Gasteiger partial charge on any atom is 0.0181 e. The molecule has 2 rings (SSSR count). The molecule has 0 heterocycles. The van der Waals surface area contributed by atoms with Gasteiger partial charge in [0.2, 0.25) is 0 Å². The summed E-state index contributed by atoms with van der Waals surface area (Å²) in [6.45, 7) is 35.2. The predicted octanol–water partition coefficient (Wildman–Crippen LogP) is 10.8. The van der Waals surface area contributed by atoms with Gasteiger partial charge in [-0.3, -0.25) is 0 Å². The fourth-order valence-corrected chi connectivity index (χ4v) is 4.17. The highest BCUT2D eigenvalue weighted by Gasteiger charge is 2.12. The summed E-state index contributed by atoms with van der Waals surface area (Å²) >= 11 is 0. The van der Waals surface area contributed by atoms with E-state index in [9.17, 15) is 0 Å². The number of hydrogen-bond donors (Lipinski definition) is 3. The molecule has 0 bridgehead atoms. The van der Waals surface area contributed by atoms with Crippen LogP contribution in [0.2, 0.25) is 0 Å². The monoisotopic (exact) mass is 580 g/mol. The number of unbranched alkanes of at least 4 members (excludes halogenated alkanes) is 1. The predicted molar refractivity (Wildman–Crippen MR) is 194 cm³/mol. The lowest BCUT2D eigenvalue weighted by Crippen LogP contribution is -2.25. The molecule has 0 saturated carbocycles. The fraction of sp³-hybridized carbons (Fsp3) is 0.590. The lowest BCUT2D eigenvalue weighted by molar-refractivity contribution is 0.386. The number of nitrogens with two attached hydrogens (primary N) is 2. The first-order valence-corrected chi connectivity index (χ1v) is 16.3. The van der Waals surface area contributed by atoms with Crippen molar-refractivity contribution >= 4 is 10.8 Å². The molecule has 2 aromatic carbocycles. The quantitative estimate of drug-likeness (QED) is 0.195. The van der Waals surface area contributed by atoms with Crippen molar-refractivity contribution in [3.8, 4) is 0 Å². The number of allylic oxidation sites excluding steroid dienone is 3. The Bertz CT molecular complexity index is 978. The molecule has 0 spiro atoms. The summed E-state index contributed by atoms with van der Waals surface area (Å²) in [6.07, 6.45) is 7.29. The molecule has 0 radical (unpaired) electrons. The van der Waals surface area contributed by atoms with E-state index in [1.54, 1.807) is 0 Å². The second-order valence-electron chi connectivity index (χ2n) is 13.0. The van der Waals surface area contributed by atoms with Gasteiger partial charge in [-0.2, -0.15) is 0 Å². The smallest absolute Gasteiger partial charge is 0.0181 e. The van der Waals surface area contributed by atoms with Gasteiger partial charge in [-0.25, -0.2) is 0 Å². The van der Waals surface area contributed by atoms with Crippen molar-refractivity contribution in [2.24, 2.45) is 41.1 Å². The van der Waals surface area contributed by atoms with Crippen LogP contribution < -0.4 is 16.8 Å². The Balaban J connectivity index is 0. The molecule has 3 heteroatoms. The molecular weight excluding hydrogens is 510 g/mol. The van der Waals surface area contributed by atoms with Crippen LogP contribution in [0.1, 0.15) is 106 Å². The number of rotatable bonds is 14. The molecule has 0 aromatic heterocycles. The van der Waals surface area contributed by atoms with Gasteiger partial charge in [-0.15, -0.1) is 0 Å². The first-order chi connectivity index (χ1) is 19.7. The van der Waals surface area contributed by atoms with E-state index < -0.39 is 0 Å². The molecular formula is C39H69N3. The van der Waals surface area contributed by atoms with Crippen LogP contribution in [-0.2, 0) is 0 Å². The summed E-state index contributed by atoms with van der Waals surface area (Å²) in [6, 6.07) is 14.9. The van der Waals surface area contributed by atoms with Gasteiger partial charge in [0.25, 0.3) is 0 Å². The normalized spacial score (nSPS) is 11.9. The van der Waals surface area contributed by atoms with Crippen LogP contribution in [0.4, 0.5) is 0 Å². The van der Waals surface area contributed by atoms with Crippen molar-refractivity contribution < 1.29 is 0 Å². The van der Waals surface area contributed by atoms with Crippen LogP contribution >= 0.6 is 0 Å². The zero-order valence-corrected chi connectivity index (χ0v) is 29.4. The van der Waals surface area contributed by atoms with Crippen molar-refractivity contribution in [2.45, 2.75) is 108 Å². The average molecular weight is 580 g/mol. The van der Waals surface area contributed by atoms with Crippen molar-refractivity contribution in [1.29, 1.82) is 0 Å². The summed E-state index contributed by atoms with van der Waals surface area (Å²) in [5.41, 5.74) is 15.5. The van der Waals surface area contributed by atoms with Crippen LogP contribution in [0.5, 0.6) is 0 Å². The fourth-order valence-electron chi connectivity index (χ4n) is 4.17. The van der Waals surface area contributed by atoms with Crippen molar-refractivity contribution in [3.63, 3.8) is 0 Å². The summed E-state index contributed by atoms with van der Waals surface area (Å²) in [5, 5.41) is 5.85. The summed E-state index contributed by atoms with van der Waals surface area (Å²) in [5.74, 6) is 3.38. The number of aryl methyl sites for hydroxylation is 1. The van der Waals surface area contributed by atoms with Crippen LogP contribution in [0.25, 0.3) is 10.8 Å². The Kier molecular flexibility index (Phi) is 24.8. The summed E-state index contributed by atoms with van der Waals surface area (Å²) < 4.78 is 0. The highest BCUT2D eigenvalue weighted by atomic mass is 14.9. The van der Waals surface area contributed by atoms with Gasteiger partial charge in [-0.05, 0) is 86.4 Å². The van der Waals surface area contributed by atoms with Crippen LogP contribution in [-0.4, -0.2) is 13.1 Å².